The van der Waals surface area contributed by atoms with Crippen LogP contribution in [0.25, 0.3) is 0 Å². The average molecular weight is 198 g/mol. The molecule has 0 aromatic carbocycles. The van der Waals surface area contributed by atoms with Gasteiger partial charge in [0, 0.05) is 0 Å². The largest absolute Gasteiger partial charge is 0.321 e. The fourth-order valence-corrected chi connectivity index (χ4v) is 2.00. The number of hydrogen-bond acceptors (Lipinski definition) is 0. The van der Waals surface area contributed by atoms with E-state index in [0.717, 1.165) is 6.54 Å². The minimum Gasteiger partial charge on any atom is -0.321 e. The van der Waals surface area contributed by atoms with Gasteiger partial charge in [-0.05, 0) is 25.8 Å². The normalized spacial score (nSPS) is 11.6. The number of nitrogens with zero attached hydrogens (tertiary/aromatic N) is 1. The Balaban J connectivity index is 4.17. The average Bonchev–Trinajstić information content (AvgIpc) is 2.22. The molecular formula is C13H28N+. The molecule has 0 atom stereocenters. The summed E-state index contributed by atoms with van der Waals surface area (Å²) in [5, 5.41) is 0. The summed E-state index contributed by atoms with van der Waals surface area (Å²) in [5.74, 6) is 0. The minimum absolute atomic E-state index is 1.15. The predicted octanol–water partition coefficient (Wildman–Crippen LogP) is 3.61. The molecule has 0 bridgehead atoms. The van der Waals surface area contributed by atoms with Crippen LogP contribution in [0.4, 0.5) is 0 Å². The lowest BCUT2D eigenvalue weighted by Crippen LogP contribution is -2.49. The van der Waals surface area contributed by atoms with E-state index >= 15 is 0 Å². The van der Waals surface area contributed by atoms with Crippen molar-refractivity contribution in [3.8, 4) is 0 Å². The first-order valence-corrected chi connectivity index (χ1v) is 6.20. The molecule has 0 N–H and O–H groups in total. The maximum absolute atomic E-state index is 3.89. The van der Waals surface area contributed by atoms with Crippen molar-refractivity contribution in [1.82, 2.24) is 0 Å². The summed E-state index contributed by atoms with van der Waals surface area (Å²) in [6, 6.07) is 0. The van der Waals surface area contributed by atoms with Crippen molar-refractivity contribution in [2.75, 3.05) is 26.2 Å². The van der Waals surface area contributed by atoms with Gasteiger partial charge in [0.2, 0.25) is 0 Å². The molecule has 0 saturated heterocycles. The van der Waals surface area contributed by atoms with E-state index in [9.17, 15) is 0 Å². The van der Waals surface area contributed by atoms with E-state index in [1.54, 1.807) is 0 Å². The topological polar surface area (TPSA) is 0 Å². The molecule has 0 aromatic heterocycles. The van der Waals surface area contributed by atoms with Crippen LogP contribution >= 0.6 is 0 Å². The van der Waals surface area contributed by atoms with E-state index in [2.05, 4.69) is 33.4 Å². The molecule has 84 valence electrons. The van der Waals surface area contributed by atoms with E-state index in [0.29, 0.717) is 0 Å². The van der Waals surface area contributed by atoms with E-state index in [4.69, 9.17) is 0 Å². The third kappa shape index (κ3) is 4.80. The quantitative estimate of drug-likeness (QED) is 0.392. The van der Waals surface area contributed by atoms with Crippen molar-refractivity contribution in [2.45, 2.75) is 46.5 Å². The second-order valence-corrected chi connectivity index (χ2v) is 4.28. The van der Waals surface area contributed by atoms with Gasteiger partial charge in [-0.2, -0.15) is 0 Å². The Morgan fingerprint density at radius 1 is 1.00 bits per heavy atom. The Bertz CT molecular complexity index is 132. The Morgan fingerprint density at radius 2 is 1.50 bits per heavy atom. The van der Waals surface area contributed by atoms with Crippen LogP contribution in [0.15, 0.2) is 12.7 Å². The van der Waals surface area contributed by atoms with Crippen molar-refractivity contribution in [3.05, 3.63) is 12.7 Å². The van der Waals surface area contributed by atoms with Gasteiger partial charge < -0.3 is 4.48 Å². The molecule has 0 heterocycles. The SMILES string of the molecule is C=CC[N+](CC)(CCCC)CCCC. The van der Waals surface area contributed by atoms with Gasteiger partial charge in [0.15, 0.2) is 0 Å². The molecule has 14 heavy (non-hydrogen) atoms. The third-order valence-corrected chi connectivity index (χ3v) is 3.16. The molecule has 1 heteroatoms. The van der Waals surface area contributed by atoms with Gasteiger partial charge in [-0.25, -0.2) is 0 Å². The number of unbranched alkanes of at least 4 members (excludes halogenated alkanes) is 2. The summed E-state index contributed by atoms with van der Waals surface area (Å²) < 4.78 is 1.26. The zero-order valence-corrected chi connectivity index (χ0v) is 10.4. The van der Waals surface area contributed by atoms with Gasteiger partial charge in [-0.15, -0.1) is 0 Å². The molecule has 0 aliphatic heterocycles. The Morgan fingerprint density at radius 3 is 1.79 bits per heavy atom. The summed E-state index contributed by atoms with van der Waals surface area (Å²) in [4.78, 5) is 0. The molecule has 0 spiro atoms. The molecule has 0 rings (SSSR count). The molecule has 0 saturated carbocycles. The second-order valence-electron chi connectivity index (χ2n) is 4.28. The molecule has 0 fully saturated rings. The molecule has 0 radical (unpaired) electrons. The number of hydrogen-bond donors (Lipinski definition) is 0. The molecule has 0 unspecified atom stereocenters. The first kappa shape index (κ1) is 13.7. The number of quaternary nitrogens is 1. The van der Waals surface area contributed by atoms with Crippen LogP contribution in [-0.2, 0) is 0 Å². The molecule has 0 aliphatic carbocycles. The summed E-state index contributed by atoms with van der Waals surface area (Å²) in [6.45, 7) is 15.8. The molecular weight excluding hydrogens is 170 g/mol. The van der Waals surface area contributed by atoms with Crippen molar-refractivity contribution < 1.29 is 4.48 Å². The first-order valence-electron chi connectivity index (χ1n) is 6.20. The highest BCUT2D eigenvalue weighted by Gasteiger charge is 2.21. The lowest BCUT2D eigenvalue weighted by Gasteiger charge is -2.37. The van der Waals surface area contributed by atoms with Crippen molar-refractivity contribution in [1.29, 1.82) is 0 Å². The fourth-order valence-electron chi connectivity index (χ4n) is 2.00. The van der Waals surface area contributed by atoms with Gasteiger partial charge in [0.25, 0.3) is 0 Å². The van der Waals surface area contributed by atoms with Crippen LogP contribution in [0.2, 0.25) is 0 Å². The maximum atomic E-state index is 3.89. The van der Waals surface area contributed by atoms with Crippen LogP contribution in [0.1, 0.15) is 46.5 Å². The molecule has 0 aromatic rings. The Labute approximate surface area is 90.4 Å². The van der Waals surface area contributed by atoms with Crippen LogP contribution in [0.5, 0.6) is 0 Å². The molecule has 0 amide bonds. The van der Waals surface area contributed by atoms with Gasteiger partial charge in [-0.1, -0.05) is 33.3 Å². The summed E-state index contributed by atoms with van der Waals surface area (Å²) >= 11 is 0. The zero-order valence-electron chi connectivity index (χ0n) is 10.4. The standard InChI is InChI=1S/C13H28N/c1-5-9-12-14(8-4,11-7-3)13-10-6-2/h7H,3,5-6,8-13H2,1-2,4H3/q+1. The van der Waals surface area contributed by atoms with Crippen LogP contribution in [0.3, 0.4) is 0 Å². The predicted molar refractivity (Wildman–Crippen MR) is 65.4 cm³/mol. The van der Waals surface area contributed by atoms with E-state index in [-0.39, 0.29) is 0 Å². The number of likely N-dealkylation sites (N-methyl/N-ethyl adjacent to an activating group) is 1. The van der Waals surface area contributed by atoms with Gasteiger partial charge in [0.05, 0.1) is 26.2 Å². The number of rotatable bonds is 9. The Kier molecular flexibility index (Phi) is 7.87. The van der Waals surface area contributed by atoms with Crippen molar-refractivity contribution in [2.24, 2.45) is 0 Å². The lowest BCUT2D eigenvalue weighted by molar-refractivity contribution is -0.921. The monoisotopic (exact) mass is 198 g/mol. The summed E-state index contributed by atoms with van der Waals surface area (Å²) in [7, 11) is 0. The third-order valence-electron chi connectivity index (χ3n) is 3.16. The fraction of sp³-hybridized carbons (Fsp3) is 0.846. The smallest absolute Gasteiger partial charge is 0.0971 e. The zero-order chi connectivity index (χ0) is 10.9. The second kappa shape index (κ2) is 8.05. The van der Waals surface area contributed by atoms with Gasteiger partial charge >= 0.3 is 0 Å². The molecule has 1 nitrogen and oxygen atoms in total. The van der Waals surface area contributed by atoms with Gasteiger partial charge in [0.1, 0.15) is 0 Å². The van der Waals surface area contributed by atoms with Crippen LogP contribution < -0.4 is 0 Å². The highest BCUT2D eigenvalue weighted by atomic mass is 15.3. The van der Waals surface area contributed by atoms with E-state index in [1.807, 2.05) is 0 Å². The highest BCUT2D eigenvalue weighted by Crippen LogP contribution is 2.11. The summed E-state index contributed by atoms with van der Waals surface area (Å²) in [6.07, 6.45) is 7.41. The van der Waals surface area contributed by atoms with Crippen molar-refractivity contribution >= 4 is 0 Å². The van der Waals surface area contributed by atoms with E-state index < -0.39 is 0 Å². The lowest BCUT2D eigenvalue weighted by atomic mass is 10.2. The highest BCUT2D eigenvalue weighted by molar-refractivity contribution is 4.66. The molecule has 0 aliphatic rings. The van der Waals surface area contributed by atoms with E-state index in [1.165, 1.54) is 49.8 Å². The van der Waals surface area contributed by atoms with Gasteiger partial charge in [-0.3, -0.25) is 0 Å². The van der Waals surface area contributed by atoms with Crippen LogP contribution in [-0.4, -0.2) is 30.7 Å². The summed E-state index contributed by atoms with van der Waals surface area (Å²) in [5.41, 5.74) is 0. The minimum atomic E-state index is 1.15. The first-order chi connectivity index (χ1) is 6.74. The Hall–Kier alpha value is -0.300. The van der Waals surface area contributed by atoms with Crippen LogP contribution in [0, 0.1) is 0 Å². The van der Waals surface area contributed by atoms with Crippen molar-refractivity contribution in [3.63, 3.8) is 0 Å². The maximum Gasteiger partial charge on any atom is 0.0971 e.